The van der Waals surface area contributed by atoms with Crippen LogP contribution < -0.4 is 0 Å². The van der Waals surface area contributed by atoms with E-state index in [0.29, 0.717) is 18.0 Å². The third-order valence-corrected chi connectivity index (χ3v) is 8.24. The van der Waals surface area contributed by atoms with Crippen molar-refractivity contribution in [1.82, 2.24) is 14.1 Å². The van der Waals surface area contributed by atoms with Gasteiger partial charge in [-0.2, -0.15) is 4.31 Å². The van der Waals surface area contributed by atoms with Gasteiger partial charge in [0.2, 0.25) is 15.9 Å². The Bertz CT molecular complexity index is 806. The standard InChI is InChI=1S/C21H33N3O3S/c1-5-22-9-11-23(12-10-22)21(25)19-7-6-8-24(15-19)28(26,27)20-17(3)13-16(2)14-18(20)4/h13-14,19H,5-12,15H2,1-4H3/t19-/m0/s1. The summed E-state index contributed by atoms with van der Waals surface area (Å²) in [6, 6.07) is 3.83. The van der Waals surface area contributed by atoms with Gasteiger partial charge in [0.25, 0.3) is 0 Å². The Morgan fingerprint density at radius 1 is 1.04 bits per heavy atom. The Balaban J connectivity index is 1.75. The molecule has 0 unspecified atom stereocenters. The monoisotopic (exact) mass is 407 g/mol. The first-order valence-electron chi connectivity index (χ1n) is 10.3. The third-order valence-electron chi connectivity index (χ3n) is 6.07. The van der Waals surface area contributed by atoms with Crippen LogP contribution in [0.4, 0.5) is 0 Å². The largest absolute Gasteiger partial charge is 0.340 e. The van der Waals surface area contributed by atoms with E-state index in [1.165, 1.54) is 4.31 Å². The molecule has 1 atom stereocenters. The molecule has 0 aliphatic carbocycles. The van der Waals surface area contributed by atoms with E-state index < -0.39 is 10.0 Å². The van der Waals surface area contributed by atoms with Gasteiger partial charge in [-0.3, -0.25) is 4.79 Å². The lowest BCUT2D eigenvalue weighted by Crippen LogP contribution is -2.52. The van der Waals surface area contributed by atoms with Gasteiger partial charge < -0.3 is 9.80 Å². The van der Waals surface area contributed by atoms with E-state index in [2.05, 4.69) is 11.8 Å². The molecule has 0 N–H and O–H groups in total. The van der Waals surface area contributed by atoms with Crippen LogP contribution in [0.1, 0.15) is 36.5 Å². The van der Waals surface area contributed by atoms with Crippen molar-refractivity contribution in [2.75, 3.05) is 45.8 Å². The molecule has 0 radical (unpaired) electrons. The molecule has 28 heavy (non-hydrogen) atoms. The van der Waals surface area contributed by atoms with E-state index in [-0.39, 0.29) is 11.8 Å². The topological polar surface area (TPSA) is 60.9 Å². The van der Waals surface area contributed by atoms with E-state index in [1.54, 1.807) is 0 Å². The zero-order valence-corrected chi connectivity index (χ0v) is 18.4. The molecule has 0 saturated carbocycles. The lowest BCUT2D eigenvalue weighted by Gasteiger charge is -2.38. The Morgan fingerprint density at radius 2 is 1.64 bits per heavy atom. The second-order valence-electron chi connectivity index (χ2n) is 8.19. The fraction of sp³-hybridized carbons (Fsp3) is 0.667. The number of likely N-dealkylation sites (N-methyl/N-ethyl adjacent to an activating group) is 1. The summed E-state index contributed by atoms with van der Waals surface area (Å²) in [6.07, 6.45) is 1.50. The fourth-order valence-corrected chi connectivity index (χ4v) is 6.54. The number of aryl methyl sites for hydroxylation is 3. The van der Waals surface area contributed by atoms with Crippen LogP contribution in [-0.2, 0) is 14.8 Å². The van der Waals surface area contributed by atoms with Gasteiger partial charge in [0.05, 0.1) is 10.8 Å². The van der Waals surface area contributed by atoms with Crippen LogP contribution >= 0.6 is 0 Å². The van der Waals surface area contributed by atoms with Gasteiger partial charge in [-0.1, -0.05) is 24.6 Å². The number of amides is 1. The minimum atomic E-state index is -3.60. The summed E-state index contributed by atoms with van der Waals surface area (Å²) in [5, 5.41) is 0. The minimum absolute atomic E-state index is 0.119. The molecule has 2 aliphatic rings. The van der Waals surface area contributed by atoms with E-state index in [9.17, 15) is 13.2 Å². The number of hydrogen-bond acceptors (Lipinski definition) is 4. The van der Waals surface area contributed by atoms with Crippen molar-refractivity contribution >= 4 is 15.9 Å². The summed E-state index contributed by atoms with van der Waals surface area (Å²) in [7, 11) is -3.60. The summed E-state index contributed by atoms with van der Waals surface area (Å²) < 4.78 is 28.3. The number of piperazine rings is 1. The number of piperidine rings is 1. The van der Waals surface area contributed by atoms with Crippen molar-refractivity contribution in [2.45, 2.75) is 45.4 Å². The Morgan fingerprint density at radius 3 is 2.21 bits per heavy atom. The van der Waals surface area contributed by atoms with E-state index in [0.717, 1.165) is 62.3 Å². The highest BCUT2D eigenvalue weighted by molar-refractivity contribution is 7.89. The van der Waals surface area contributed by atoms with Gasteiger partial charge in [0.15, 0.2) is 0 Å². The molecule has 1 aromatic carbocycles. The summed E-state index contributed by atoms with van der Waals surface area (Å²) in [4.78, 5) is 17.7. The van der Waals surface area contributed by atoms with Crippen LogP contribution in [0.3, 0.4) is 0 Å². The van der Waals surface area contributed by atoms with Crippen LogP contribution in [0.5, 0.6) is 0 Å². The van der Waals surface area contributed by atoms with Crippen LogP contribution in [0.25, 0.3) is 0 Å². The SMILES string of the molecule is CCN1CCN(C(=O)[C@H]2CCCN(S(=O)(=O)c3c(C)cc(C)cc3C)C2)CC1. The molecule has 7 heteroatoms. The molecule has 1 aromatic rings. The van der Waals surface area contributed by atoms with E-state index >= 15 is 0 Å². The van der Waals surface area contributed by atoms with Crippen LogP contribution in [0, 0.1) is 26.7 Å². The molecule has 0 aromatic heterocycles. The van der Waals surface area contributed by atoms with Crippen LogP contribution in [0.2, 0.25) is 0 Å². The van der Waals surface area contributed by atoms with Gasteiger partial charge in [0.1, 0.15) is 0 Å². The molecule has 1 amide bonds. The van der Waals surface area contributed by atoms with Crippen LogP contribution in [-0.4, -0.2) is 74.2 Å². The van der Waals surface area contributed by atoms with Gasteiger partial charge in [-0.25, -0.2) is 8.42 Å². The van der Waals surface area contributed by atoms with Crippen molar-refractivity contribution in [1.29, 1.82) is 0 Å². The highest BCUT2D eigenvalue weighted by Crippen LogP contribution is 2.29. The maximum absolute atomic E-state index is 13.4. The Kier molecular flexibility index (Phi) is 6.47. The van der Waals surface area contributed by atoms with Crippen molar-refractivity contribution < 1.29 is 13.2 Å². The predicted octanol–water partition coefficient (Wildman–Crippen LogP) is 2.18. The van der Waals surface area contributed by atoms with Gasteiger partial charge in [0, 0.05) is 39.3 Å². The Hall–Kier alpha value is -1.44. The number of nitrogens with zero attached hydrogens (tertiary/aromatic N) is 3. The number of rotatable bonds is 4. The lowest BCUT2D eigenvalue weighted by atomic mass is 9.98. The number of benzene rings is 1. The molecule has 156 valence electrons. The zero-order valence-electron chi connectivity index (χ0n) is 17.6. The number of hydrogen-bond donors (Lipinski definition) is 0. The van der Waals surface area contributed by atoms with E-state index in [4.69, 9.17) is 0 Å². The molecule has 0 spiro atoms. The van der Waals surface area contributed by atoms with Gasteiger partial charge in [-0.05, 0) is 51.3 Å². The van der Waals surface area contributed by atoms with Gasteiger partial charge in [-0.15, -0.1) is 0 Å². The summed E-state index contributed by atoms with van der Waals surface area (Å²) >= 11 is 0. The van der Waals surface area contributed by atoms with Crippen molar-refractivity contribution in [2.24, 2.45) is 5.92 Å². The highest BCUT2D eigenvalue weighted by atomic mass is 32.2. The highest BCUT2D eigenvalue weighted by Gasteiger charge is 2.36. The average Bonchev–Trinajstić information content (AvgIpc) is 2.66. The first-order valence-corrected chi connectivity index (χ1v) is 11.8. The van der Waals surface area contributed by atoms with Crippen molar-refractivity contribution in [3.05, 3.63) is 28.8 Å². The second-order valence-corrected chi connectivity index (χ2v) is 10.1. The van der Waals surface area contributed by atoms with E-state index in [1.807, 2.05) is 37.8 Å². The number of carbonyl (C=O) groups excluding carboxylic acids is 1. The fourth-order valence-electron chi connectivity index (χ4n) is 4.61. The Labute approximate surface area is 169 Å². The number of carbonyl (C=O) groups is 1. The summed E-state index contributed by atoms with van der Waals surface area (Å²) in [6.45, 7) is 12.9. The molecule has 3 rings (SSSR count). The summed E-state index contributed by atoms with van der Waals surface area (Å²) in [5.41, 5.74) is 2.62. The molecule has 2 aliphatic heterocycles. The quantitative estimate of drug-likeness (QED) is 0.768. The minimum Gasteiger partial charge on any atom is -0.340 e. The predicted molar refractivity (Wildman–Crippen MR) is 111 cm³/mol. The maximum Gasteiger partial charge on any atom is 0.243 e. The van der Waals surface area contributed by atoms with Crippen molar-refractivity contribution in [3.63, 3.8) is 0 Å². The first kappa shape index (κ1) is 21.3. The average molecular weight is 408 g/mol. The first-order chi connectivity index (χ1) is 13.2. The maximum atomic E-state index is 13.4. The molecule has 2 heterocycles. The molecule has 2 saturated heterocycles. The summed E-state index contributed by atoms with van der Waals surface area (Å²) in [5.74, 6) is -0.115. The lowest BCUT2D eigenvalue weighted by molar-refractivity contribution is -0.138. The molecule has 2 fully saturated rings. The molecule has 0 bridgehead atoms. The van der Waals surface area contributed by atoms with Crippen molar-refractivity contribution in [3.8, 4) is 0 Å². The smallest absolute Gasteiger partial charge is 0.243 e. The second kappa shape index (κ2) is 8.51. The molecule has 6 nitrogen and oxygen atoms in total. The van der Waals surface area contributed by atoms with Gasteiger partial charge >= 0.3 is 0 Å². The zero-order chi connectivity index (χ0) is 20.5. The normalized spacial score (nSPS) is 22.4. The number of sulfonamides is 1. The third kappa shape index (κ3) is 4.26. The molecular weight excluding hydrogens is 374 g/mol. The molecular formula is C21H33N3O3S. The van der Waals surface area contributed by atoms with Crippen LogP contribution in [0.15, 0.2) is 17.0 Å².